The number of anilines is 2. The number of benzene rings is 3. The number of aryl methyl sites for hydroxylation is 1. The Labute approximate surface area is 209 Å². The molecule has 176 valence electrons. The molecule has 0 spiro atoms. The van der Waals surface area contributed by atoms with E-state index in [9.17, 15) is 0 Å². The minimum atomic E-state index is 0.503. The molecule has 5 rings (SSSR count). The standard InChI is InChI=1S/C29H28N4OS/c1-4-33(5-2)24-16-15-22-17-25(29-30-26(19-35-29)21-13-11-20(3)12-14-21)28(34-27(22)18-24)32-31-23-9-7-6-8-10-23/h6-19,31H,4-5H2,1-3H3/b32-28-. The maximum absolute atomic E-state index is 6.39. The van der Waals surface area contributed by atoms with Crippen molar-refractivity contribution < 1.29 is 4.42 Å². The van der Waals surface area contributed by atoms with E-state index in [1.54, 1.807) is 11.3 Å². The van der Waals surface area contributed by atoms with Crippen LogP contribution in [-0.4, -0.2) is 18.1 Å². The minimum absolute atomic E-state index is 0.503. The van der Waals surface area contributed by atoms with Gasteiger partial charge >= 0.3 is 0 Å². The van der Waals surface area contributed by atoms with Crippen molar-refractivity contribution in [3.05, 3.63) is 95.4 Å². The highest BCUT2D eigenvalue weighted by Gasteiger charge is 2.13. The molecule has 0 radical (unpaired) electrons. The highest BCUT2D eigenvalue weighted by Crippen LogP contribution is 2.30. The smallest absolute Gasteiger partial charge is 0.246 e. The summed E-state index contributed by atoms with van der Waals surface area (Å²) < 4.78 is 6.39. The van der Waals surface area contributed by atoms with Crippen molar-refractivity contribution >= 4 is 33.7 Å². The van der Waals surface area contributed by atoms with Crippen LogP contribution in [-0.2, 0) is 0 Å². The third kappa shape index (κ3) is 4.98. The van der Waals surface area contributed by atoms with E-state index < -0.39 is 0 Å². The highest BCUT2D eigenvalue weighted by molar-refractivity contribution is 7.13. The quantitative estimate of drug-likeness (QED) is 0.248. The molecule has 0 aliphatic rings. The third-order valence-electron chi connectivity index (χ3n) is 6.00. The Morgan fingerprint density at radius 2 is 1.71 bits per heavy atom. The summed E-state index contributed by atoms with van der Waals surface area (Å²) in [6.07, 6.45) is 0. The molecule has 0 saturated carbocycles. The molecule has 2 aromatic heterocycles. The van der Waals surface area contributed by atoms with Gasteiger partial charge in [-0.3, -0.25) is 5.43 Å². The van der Waals surface area contributed by atoms with Crippen molar-refractivity contribution in [2.24, 2.45) is 5.10 Å². The normalized spacial score (nSPS) is 11.7. The molecular weight excluding hydrogens is 452 g/mol. The Hall–Kier alpha value is -3.90. The molecule has 0 aliphatic carbocycles. The van der Waals surface area contributed by atoms with Crippen LogP contribution < -0.4 is 15.9 Å². The van der Waals surface area contributed by atoms with Crippen molar-refractivity contribution in [2.45, 2.75) is 20.8 Å². The average Bonchev–Trinajstić information content (AvgIpc) is 3.39. The summed E-state index contributed by atoms with van der Waals surface area (Å²) in [7, 11) is 0. The van der Waals surface area contributed by atoms with Crippen LogP contribution in [0.3, 0.4) is 0 Å². The van der Waals surface area contributed by atoms with Crippen molar-refractivity contribution in [2.75, 3.05) is 23.4 Å². The van der Waals surface area contributed by atoms with E-state index in [1.165, 1.54) is 5.56 Å². The first-order valence-corrected chi connectivity index (χ1v) is 12.7. The summed E-state index contributed by atoms with van der Waals surface area (Å²) in [6, 6.07) is 26.8. The molecule has 6 heteroatoms. The number of hydrogen-bond acceptors (Lipinski definition) is 6. The third-order valence-corrected chi connectivity index (χ3v) is 6.88. The number of nitrogens with zero attached hydrogens (tertiary/aromatic N) is 3. The monoisotopic (exact) mass is 480 g/mol. The van der Waals surface area contributed by atoms with E-state index in [0.717, 1.165) is 57.3 Å². The van der Waals surface area contributed by atoms with Gasteiger partial charge in [0.1, 0.15) is 10.6 Å². The van der Waals surface area contributed by atoms with Crippen molar-refractivity contribution in [3.63, 3.8) is 0 Å². The average molecular weight is 481 g/mol. The van der Waals surface area contributed by atoms with E-state index in [2.05, 4.69) is 90.1 Å². The topological polar surface area (TPSA) is 53.7 Å². The molecule has 0 saturated heterocycles. The van der Waals surface area contributed by atoms with E-state index in [1.807, 2.05) is 30.3 Å². The van der Waals surface area contributed by atoms with E-state index in [4.69, 9.17) is 9.40 Å². The van der Waals surface area contributed by atoms with Crippen LogP contribution in [0.1, 0.15) is 19.4 Å². The van der Waals surface area contributed by atoms with Gasteiger partial charge in [-0.2, -0.15) is 0 Å². The molecule has 0 atom stereocenters. The van der Waals surface area contributed by atoms with Gasteiger partial charge in [0.2, 0.25) is 5.55 Å². The lowest BCUT2D eigenvalue weighted by Gasteiger charge is -2.21. The zero-order valence-corrected chi connectivity index (χ0v) is 21.0. The van der Waals surface area contributed by atoms with E-state index in [0.29, 0.717) is 5.55 Å². The highest BCUT2D eigenvalue weighted by atomic mass is 32.1. The molecule has 0 bridgehead atoms. The summed E-state index contributed by atoms with van der Waals surface area (Å²) in [5.41, 5.74) is 10.6. The number of rotatable bonds is 7. The van der Waals surface area contributed by atoms with Gasteiger partial charge in [-0.15, -0.1) is 16.4 Å². The fraction of sp³-hybridized carbons (Fsp3) is 0.172. The Morgan fingerprint density at radius 3 is 2.46 bits per heavy atom. The van der Waals surface area contributed by atoms with Crippen LogP contribution in [0.5, 0.6) is 0 Å². The number of para-hydroxylation sites is 1. The molecule has 2 heterocycles. The number of nitrogens with one attached hydrogen (secondary N) is 1. The van der Waals surface area contributed by atoms with Crippen LogP contribution in [0.4, 0.5) is 11.4 Å². The Kier molecular flexibility index (Phi) is 6.64. The predicted molar refractivity (Wildman–Crippen MR) is 147 cm³/mol. The number of hydrogen-bond donors (Lipinski definition) is 1. The van der Waals surface area contributed by atoms with Crippen LogP contribution in [0.25, 0.3) is 32.8 Å². The van der Waals surface area contributed by atoms with Gasteiger partial charge in [-0.25, -0.2) is 4.98 Å². The van der Waals surface area contributed by atoms with Gasteiger partial charge in [0.05, 0.1) is 16.9 Å². The van der Waals surface area contributed by atoms with E-state index in [-0.39, 0.29) is 0 Å². The first-order valence-electron chi connectivity index (χ1n) is 11.8. The number of aromatic nitrogens is 1. The predicted octanol–water partition coefficient (Wildman–Crippen LogP) is 7.31. The molecule has 0 unspecified atom stereocenters. The Morgan fingerprint density at radius 1 is 0.943 bits per heavy atom. The summed E-state index contributed by atoms with van der Waals surface area (Å²) in [4.78, 5) is 7.24. The lowest BCUT2D eigenvalue weighted by molar-refractivity contribution is 0.543. The number of fused-ring (bicyclic) bond motifs is 1. The maximum Gasteiger partial charge on any atom is 0.246 e. The van der Waals surface area contributed by atoms with E-state index >= 15 is 0 Å². The molecule has 0 fully saturated rings. The van der Waals surface area contributed by atoms with Crippen LogP contribution in [0.15, 0.2) is 93.8 Å². The van der Waals surface area contributed by atoms with Gasteiger partial charge in [-0.1, -0.05) is 48.0 Å². The fourth-order valence-electron chi connectivity index (χ4n) is 4.01. The summed E-state index contributed by atoms with van der Waals surface area (Å²) in [5.74, 6) is 0. The second kappa shape index (κ2) is 10.2. The largest absolute Gasteiger partial charge is 0.436 e. The van der Waals surface area contributed by atoms with Gasteiger partial charge in [0.15, 0.2) is 0 Å². The zero-order valence-electron chi connectivity index (χ0n) is 20.2. The number of thiazole rings is 1. The summed E-state index contributed by atoms with van der Waals surface area (Å²) in [6.45, 7) is 8.28. The first kappa shape index (κ1) is 22.9. The maximum atomic E-state index is 6.39. The molecule has 0 amide bonds. The SMILES string of the molecule is CCN(CC)c1ccc2cc(-c3nc(-c4ccc(C)cc4)cs3)/c(=N/Nc3ccccc3)oc2c1. The summed E-state index contributed by atoms with van der Waals surface area (Å²) >= 11 is 1.59. The first-order chi connectivity index (χ1) is 17.1. The molecule has 5 aromatic rings. The fourth-order valence-corrected chi connectivity index (χ4v) is 4.85. The van der Waals surface area contributed by atoms with Gasteiger partial charge < -0.3 is 9.32 Å². The zero-order chi connectivity index (χ0) is 24.2. The Bertz CT molecular complexity index is 1500. The van der Waals surface area contributed by atoms with Crippen molar-refractivity contribution in [1.82, 2.24) is 4.98 Å². The van der Waals surface area contributed by atoms with Gasteiger partial charge in [-0.05, 0) is 51.1 Å². The second-order valence-electron chi connectivity index (χ2n) is 8.35. The van der Waals surface area contributed by atoms with Crippen molar-refractivity contribution in [1.29, 1.82) is 0 Å². The van der Waals surface area contributed by atoms with Gasteiger partial charge in [0.25, 0.3) is 0 Å². The lowest BCUT2D eigenvalue weighted by Crippen LogP contribution is -2.21. The molecule has 3 aromatic carbocycles. The van der Waals surface area contributed by atoms with Crippen molar-refractivity contribution in [3.8, 4) is 21.8 Å². The molecule has 35 heavy (non-hydrogen) atoms. The van der Waals surface area contributed by atoms with Crippen LogP contribution in [0, 0.1) is 6.92 Å². The van der Waals surface area contributed by atoms with Crippen LogP contribution >= 0.6 is 11.3 Å². The van der Waals surface area contributed by atoms with Gasteiger partial charge in [0, 0.05) is 41.2 Å². The second-order valence-corrected chi connectivity index (χ2v) is 9.21. The molecule has 5 nitrogen and oxygen atoms in total. The molecule has 0 aliphatic heterocycles. The minimum Gasteiger partial charge on any atom is -0.436 e. The summed E-state index contributed by atoms with van der Waals surface area (Å²) in [5, 5.41) is 8.62. The lowest BCUT2D eigenvalue weighted by atomic mass is 10.1. The molecule has 1 N–H and O–H groups in total. The Balaban J connectivity index is 1.62. The van der Waals surface area contributed by atoms with Crippen LogP contribution in [0.2, 0.25) is 0 Å². The molecular formula is C29H28N4OS.